The van der Waals surface area contributed by atoms with Crippen molar-refractivity contribution in [2.24, 2.45) is 5.73 Å². The summed E-state index contributed by atoms with van der Waals surface area (Å²) in [7, 11) is 0. The van der Waals surface area contributed by atoms with Crippen molar-refractivity contribution in [3.05, 3.63) is 29.1 Å². The first-order valence-corrected chi connectivity index (χ1v) is 3.84. The molecule has 3 nitrogen and oxygen atoms in total. The van der Waals surface area contributed by atoms with Crippen molar-refractivity contribution in [2.45, 2.75) is 6.04 Å². The standard InChI is InChI=1S/C9H8F2N2O/c10-3-8(13)5-1-2-7(11)6(4-12)9(5)14/h1-2,8,14H,3,13H2/t8-/m0/s1. The third-order valence-corrected chi connectivity index (χ3v) is 1.84. The highest BCUT2D eigenvalue weighted by molar-refractivity contribution is 5.49. The average Bonchev–Trinajstić information content (AvgIpc) is 2.18. The number of nitrogens with zero attached hydrogens (tertiary/aromatic N) is 1. The molecule has 0 unspecified atom stereocenters. The van der Waals surface area contributed by atoms with Crippen LogP contribution >= 0.6 is 0 Å². The number of hydrogen-bond donors (Lipinski definition) is 2. The molecular weight excluding hydrogens is 190 g/mol. The van der Waals surface area contributed by atoms with E-state index < -0.39 is 29.8 Å². The van der Waals surface area contributed by atoms with Gasteiger partial charge in [-0.1, -0.05) is 6.07 Å². The topological polar surface area (TPSA) is 70.0 Å². The molecule has 74 valence electrons. The van der Waals surface area contributed by atoms with Crippen LogP contribution in [0.1, 0.15) is 17.2 Å². The Kier molecular flexibility index (Phi) is 2.99. The Morgan fingerprint density at radius 3 is 2.71 bits per heavy atom. The first-order chi connectivity index (χ1) is 6.61. The van der Waals surface area contributed by atoms with Crippen LogP contribution in [0.4, 0.5) is 8.78 Å². The Labute approximate surface area is 79.4 Å². The van der Waals surface area contributed by atoms with Crippen LogP contribution in [-0.2, 0) is 0 Å². The van der Waals surface area contributed by atoms with E-state index in [2.05, 4.69) is 0 Å². The summed E-state index contributed by atoms with van der Waals surface area (Å²) in [5, 5.41) is 17.9. The van der Waals surface area contributed by atoms with Gasteiger partial charge in [0.15, 0.2) is 0 Å². The predicted molar refractivity (Wildman–Crippen MR) is 45.7 cm³/mol. The molecule has 0 heterocycles. The van der Waals surface area contributed by atoms with Crippen molar-refractivity contribution in [3.8, 4) is 11.8 Å². The van der Waals surface area contributed by atoms with E-state index in [9.17, 15) is 13.9 Å². The predicted octanol–water partition coefficient (Wildman–Crippen LogP) is 1.37. The zero-order chi connectivity index (χ0) is 10.7. The van der Waals surface area contributed by atoms with Crippen molar-refractivity contribution in [1.29, 1.82) is 5.26 Å². The number of rotatable bonds is 2. The van der Waals surface area contributed by atoms with E-state index in [1.807, 2.05) is 0 Å². The van der Waals surface area contributed by atoms with Crippen molar-refractivity contribution in [2.75, 3.05) is 6.67 Å². The second kappa shape index (κ2) is 4.03. The van der Waals surface area contributed by atoms with Crippen molar-refractivity contribution < 1.29 is 13.9 Å². The molecule has 0 spiro atoms. The van der Waals surface area contributed by atoms with Crippen molar-refractivity contribution in [1.82, 2.24) is 0 Å². The Hall–Kier alpha value is -1.67. The number of halogens is 2. The fourth-order valence-electron chi connectivity index (χ4n) is 1.07. The third-order valence-electron chi connectivity index (χ3n) is 1.84. The smallest absolute Gasteiger partial charge is 0.144 e. The summed E-state index contributed by atoms with van der Waals surface area (Å²) < 4.78 is 25.1. The zero-order valence-corrected chi connectivity index (χ0v) is 7.17. The van der Waals surface area contributed by atoms with Gasteiger partial charge in [-0.25, -0.2) is 8.78 Å². The van der Waals surface area contributed by atoms with Gasteiger partial charge in [-0.15, -0.1) is 0 Å². The van der Waals surface area contributed by atoms with Gasteiger partial charge in [0.1, 0.15) is 29.9 Å². The molecule has 0 saturated carbocycles. The minimum absolute atomic E-state index is 0.0328. The van der Waals surface area contributed by atoms with Crippen LogP contribution in [0, 0.1) is 17.1 Å². The Balaban J connectivity index is 3.30. The molecular formula is C9H8F2N2O. The van der Waals surface area contributed by atoms with Crippen molar-refractivity contribution >= 4 is 0 Å². The summed E-state index contributed by atoms with van der Waals surface area (Å²) in [4.78, 5) is 0. The molecule has 0 saturated heterocycles. The molecule has 3 N–H and O–H groups in total. The Bertz CT molecular complexity index is 387. The lowest BCUT2D eigenvalue weighted by Gasteiger charge is -2.10. The quantitative estimate of drug-likeness (QED) is 0.753. The van der Waals surface area contributed by atoms with E-state index in [1.165, 1.54) is 6.07 Å². The van der Waals surface area contributed by atoms with Crippen LogP contribution in [0.3, 0.4) is 0 Å². The number of nitriles is 1. The number of alkyl halides is 1. The summed E-state index contributed by atoms with van der Waals surface area (Å²) in [5.41, 5.74) is 4.83. The summed E-state index contributed by atoms with van der Waals surface area (Å²) >= 11 is 0. The molecule has 5 heteroatoms. The number of phenolic OH excluding ortho intramolecular Hbond substituents is 1. The third kappa shape index (κ3) is 1.65. The van der Waals surface area contributed by atoms with Gasteiger partial charge in [0.25, 0.3) is 0 Å². The summed E-state index contributed by atoms with van der Waals surface area (Å²) in [6, 6.07) is 2.58. The average molecular weight is 198 g/mol. The number of benzene rings is 1. The van der Waals surface area contributed by atoms with E-state index in [1.54, 1.807) is 0 Å². The van der Waals surface area contributed by atoms with Crippen LogP contribution in [0.5, 0.6) is 5.75 Å². The van der Waals surface area contributed by atoms with Gasteiger partial charge in [0, 0.05) is 5.56 Å². The number of hydrogen-bond acceptors (Lipinski definition) is 3. The van der Waals surface area contributed by atoms with Crippen LogP contribution < -0.4 is 5.73 Å². The maximum atomic E-state index is 12.9. The minimum atomic E-state index is -1.04. The van der Waals surface area contributed by atoms with E-state index in [-0.39, 0.29) is 5.56 Å². The van der Waals surface area contributed by atoms with E-state index in [4.69, 9.17) is 11.0 Å². The molecule has 0 radical (unpaired) electrons. The molecule has 0 aliphatic carbocycles. The highest BCUT2D eigenvalue weighted by atomic mass is 19.1. The lowest BCUT2D eigenvalue weighted by Crippen LogP contribution is -2.13. The maximum Gasteiger partial charge on any atom is 0.144 e. The molecule has 1 aromatic carbocycles. The second-order valence-electron chi connectivity index (χ2n) is 2.73. The molecule has 1 aromatic rings. The first kappa shape index (κ1) is 10.4. The molecule has 1 rings (SSSR count). The Morgan fingerprint density at radius 2 is 2.21 bits per heavy atom. The van der Waals surface area contributed by atoms with Crippen LogP contribution in [0.15, 0.2) is 12.1 Å². The highest BCUT2D eigenvalue weighted by Gasteiger charge is 2.16. The van der Waals surface area contributed by atoms with Gasteiger partial charge in [-0.05, 0) is 6.07 Å². The maximum absolute atomic E-state index is 12.9. The fourth-order valence-corrected chi connectivity index (χ4v) is 1.07. The molecule has 0 fully saturated rings. The SMILES string of the molecule is N#Cc1c(F)ccc([C@@H](N)CF)c1O. The molecule has 0 amide bonds. The largest absolute Gasteiger partial charge is 0.506 e. The molecule has 0 bridgehead atoms. The lowest BCUT2D eigenvalue weighted by atomic mass is 10.0. The summed E-state index contributed by atoms with van der Waals surface area (Å²) in [6.07, 6.45) is 0. The number of phenols is 1. The lowest BCUT2D eigenvalue weighted by molar-refractivity contribution is 0.411. The van der Waals surface area contributed by atoms with E-state index >= 15 is 0 Å². The van der Waals surface area contributed by atoms with Crippen molar-refractivity contribution in [3.63, 3.8) is 0 Å². The second-order valence-corrected chi connectivity index (χ2v) is 2.73. The molecule has 0 aliphatic heterocycles. The van der Waals surface area contributed by atoms with Gasteiger partial charge in [0.2, 0.25) is 0 Å². The number of nitrogens with two attached hydrogens (primary N) is 1. The van der Waals surface area contributed by atoms with Gasteiger partial charge >= 0.3 is 0 Å². The molecule has 0 aliphatic rings. The summed E-state index contributed by atoms with van der Waals surface area (Å²) in [6.45, 7) is -0.885. The van der Waals surface area contributed by atoms with Gasteiger partial charge in [-0.3, -0.25) is 0 Å². The fraction of sp³-hybridized carbons (Fsp3) is 0.222. The van der Waals surface area contributed by atoms with E-state index in [0.717, 1.165) is 12.1 Å². The normalized spacial score (nSPS) is 12.1. The monoisotopic (exact) mass is 198 g/mol. The minimum Gasteiger partial charge on any atom is -0.506 e. The van der Waals surface area contributed by atoms with Crippen LogP contribution in [0.25, 0.3) is 0 Å². The zero-order valence-electron chi connectivity index (χ0n) is 7.17. The Morgan fingerprint density at radius 1 is 1.57 bits per heavy atom. The highest BCUT2D eigenvalue weighted by Crippen LogP contribution is 2.28. The van der Waals surface area contributed by atoms with Gasteiger partial charge in [0.05, 0.1) is 6.04 Å². The molecule has 1 atom stereocenters. The van der Waals surface area contributed by atoms with Gasteiger partial charge < -0.3 is 10.8 Å². The van der Waals surface area contributed by atoms with E-state index in [0.29, 0.717) is 0 Å². The van der Waals surface area contributed by atoms with Crippen LogP contribution in [-0.4, -0.2) is 11.8 Å². The van der Waals surface area contributed by atoms with Gasteiger partial charge in [-0.2, -0.15) is 5.26 Å². The molecule has 0 aromatic heterocycles. The van der Waals surface area contributed by atoms with Crippen LogP contribution in [0.2, 0.25) is 0 Å². The summed E-state index contributed by atoms with van der Waals surface area (Å²) in [5.74, 6) is -1.43. The molecule has 14 heavy (non-hydrogen) atoms. The number of aromatic hydroxyl groups is 1. The first-order valence-electron chi connectivity index (χ1n) is 3.84.